The molecule has 66 valence electrons. The molecule has 0 spiro atoms. The number of hydrogen-bond acceptors (Lipinski definition) is 2. The van der Waals surface area contributed by atoms with E-state index in [2.05, 4.69) is 12.6 Å². The van der Waals surface area contributed by atoms with E-state index in [4.69, 9.17) is 0 Å². The van der Waals surface area contributed by atoms with Crippen molar-refractivity contribution in [3.05, 3.63) is 29.8 Å². The van der Waals surface area contributed by atoms with Crippen molar-refractivity contribution >= 4 is 18.3 Å². The summed E-state index contributed by atoms with van der Waals surface area (Å²) in [4.78, 5) is 1.70. The van der Waals surface area contributed by atoms with Gasteiger partial charge in [-0.1, -0.05) is 0 Å². The van der Waals surface area contributed by atoms with Crippen molar-refractivity contribution in [2.75, 3.05) is 17.8 Å². The Morgan fingerprint density at radius 2 is 2.00 bits per heavy atom. The van der Waals surface area contributed by atoms with Gasteiger partial charge in [-0.25, -0.2) is 8.78 Å². The van der Waals surface area contributed by atoms with Gasteiger partial charge < -0.3 is 4.90 Å². The van der Waals surface area contributed by atoms with Gasteiger partial charge in [-0.2, -0.15) is 12.6 Å². The number of rotatable bonds is 2. The zero-order valence-corrected chi connectivity index (χ0v) is 7.48. The number of anilines is 1. The molecule has 0 aliphatic heterocycles. The maximum absolute atomic E-state index is 12.6. The normalized spacial score (nSPS) is 10.0. The van der Waals surface area contributed by atoms with Crippen molar-refractivity contribution < 1.29 is 8.78 Å². The lowest BCUT2D eigenvalue weighted by Gasteiger charge is -2.15. The summed E-state index contributed by atoms with van der Waals surface area (Å²) in [5.41, 5.74) is 0.615. The number of benzene rings is 1. The standard InChI is InChI=1S/C8H9F2NS/c1-11(5-12)6-2-3-7(9)8(10)4-6/h2-4,12H,5H2,1H3. The van der Waals surface area contributed by atoms with Gasteiger partial charge in [0.1, 0.15) is 0 Å². The quantitative estimate of drug-likeness (QED) is 0.552. The van der Waals surface area contributed by atoms with Crippen LogP contribution >= 0.6 is 12.6 Å². The van der Waals surface area contributed by atoms with Gasteiger partial charge in [-0.05, 0) is 12.1 Å². The molecule has 1 nitrogen and oxygen atoms in total. The van der Waals surface area contributed by atoms with Crippen molar-refractivity contribution in [2.45, 2.75) is 0 Å². The van der Waals surface area contributed by atoms with Crippen LogP contribution in [-0.2, 0) is 0 Å². The van der Waals surface area contributed by atoms with Crippen molar-refractivity contribution in [3.8, 4) is 0 Å². The molecule has 1 aromatic rings. The van der Waals surface area contributed by atoms with Crippen LogP contribution in [0.4, 0.5) is 14.5 Å². The Labute approximate surface area is 75.4 Å². The zero-order valence-electron chi connectivity index (χ0n) is 6.59. The molecule has 1 rings (SSSR count). The number of hydrogen-bond donors (Lipinski definition) is 1. The predicted octanol–water partition coefficient (Wildman–Crippen LogP) is 2.29. The van der Waals surface area contributed by atoms with Gasteiger partial charge in [0.25, 0.3) is 0 Å². The average Bonchev–Trinajstić information content (AvgIpc) is 2.08. The van der Waals surface area contributed by atoms with Crippen LogP contribution in [0.1, 0.15) is 0 Å². The first-order valence-electron chi connectivity index (χ1n) is 3.42. The fourth-order valence-electron chi connectivity index (χ4n) is 0.804. The molecule has 1 aromatic carbocycles. The highest BCUT2D eigenvalue weighted by molar-refractivity contribution is 7.80. The lowest BCUT2D eigenvalue weighted by atomic mass is 10.3. The first kappa shape index (κ1) is 9.32. The minimum atomic E-state index is -0.832. The Bertz CT molecular complexity index is 278. The van der Waals surface area contributed by atoms with E-state index in [0.717, 1.165) is 12.1 Å². The molecule has 0 aromatic heterocycles. The molecule has 0 heterocycles. The van der Waals surface area contributed by atoms with Crippen LogP contribution in [0.5, 0.6) is 0 Å². The van der Waals surface area contributed by atoms with E-state index in [-0.39, 0.29) is 0 Å². The van der Waals surface area contributed by atoms with Crippen LogP contribution in [0.15, 0.2) is 18.2 Å². The van der Waals surface area contributed by atoms with Crippen LogP contribution in [0.2, 0.25) is 0 Å². The summed E-state index contributed by atoms with van der Waals surface area (Å²) in [6.45, 7) is 0. The molecule has 0 saturated heterocycles. The molecule has 0 aliphatic rings. The Morgan fingerprint density at radius 1 is 1.33 bits per heavy atom. The second kappa shape index (κ2) is 3.76. The maximum atomic E-state index is 12.6. The smallest absolute Gasteiger partial charge is 0.160 e. The topological polar surface area (TPSA) is 3.24 Å². The molecule has 0 radical (unpaired) electrons. The van der Waals surface area contributed by atoms with Crippen LogP contribution < -0.4 is 4.90 Å². The van der Waals surface area contributed by atoms with E-state index >= 15 is 0 Å². The molecule has 0 amide bonds. The number of nitrogens with zero attached hydrogens (tertiary/aromatic N) is 1. The summed E-state index contributed by atoms with van der Waals surface area (Å²) in [6, 6.07) is 3.75. The third-order valence-corrected chi connectivity index (χ3v) is 1.98. The van der Waals surface area contributed by atoms with Gasteiger partial charge in [0.2, 0.25) is 0 Å². The Balaban J connectivity index is 2.96. The molecule has 12 heavy (non-hydrogen) atoms. The van der Waals surface area contributed by atoms with Gasteiger partial charge >= 0.3 is 0 Å². The lowest BCUT2D eigenvalue weighted by Crippen LogP contribution is -2.14. The highest BCUT2D eigenvalue weighted by Crippen LogP contribution is 2.16. The van der Waals surface area contributed by atoms with E-state index in [9.17, 15) is 8.78 Å². The van der Waals surface area contributed by atoms with E-state index < -0.39 is 11.6 Å². The van der Waals surface area contributed by atoms with Gasteiger partial charge in [-0.3, -0.25) is 0 Å². The molecule has 0 aliphatic carbocycles. The van der Waals surface area contributed by atoms with Crippen molar-refractivity contribution in [1.82, 2.24) is 0 Å². The Hall–Kier alpha value is -0.770. The Kier molecular flexibility index (Phi) is 2.92. The van der Waals surface area contributed by atoms with Crippen LogP contribution in [0.3, 0.4) is 0 Å². The molecule has 0 N–H and O–H groups in total. The van der Waals surface area contributed by atoms with E-state index in [1.54, 1.807) is 11.9 Å². The fourth-order valence-corrected chi connectivity index (χ4v) is 0.967. The van der Waals surface area contributed by atoms with Crippen molar-refractivity contribution in [3.63, 3.8) is 0 Å². The fraction of sp³-hybridized carbons (Fsp3) is 0.250. The zero-order chi connectivity index (χ0) is 9.14. The van der Waals surface area contributed by atoms with Gasteiger partial charge in [0.05, 0.1) is 5.88 Å². The second-order valence-electron chi connectivity index (χ2n) is 2.44. The van der Waals surface area contributed by atoms with Crippen molar-refractivity contribution in [1.29, 1.82) is 0 Å². The summed E-state index contributed by atoms with van der Waals surface area (Å²) < 4.78 is 25.1. The molecule has 0 saturated carbocycles. The monoisotopic (exact) mass is 189 g/mol. The highest BCUT2D eigenvalue weighted by atomic mass is 32.1. The lowest BCUT2D eigenvalue weighted by molar-refractivity contribution is 0.508. The van der Waals surface area contributed by atoms with E-state index in [0.29, 0.717) is 11.6 Å². The number of halogens is 2. The Morgan fingerprint density at radius 3 is 2.50 bits per heavy atom. The molecule has 0 fully saturated rings. The minimum absolute atomic E-state index is 0.463. The summed E-state index contributed by atoms with van der Waals surface area (Å²) in [5.74, 6) is -1.20. The SMILES string of the molecule is CN(CS)c1ccc(F)c(F)c1. The first-order chi connectivity index (χ1) is 5.65. The average molecular weight is 189 g/mol. The van der Waals surface area contributed by atoms with Crippen LogP contribution in [-0.4, -0.2) is 12.9 Å². The van der Waals surface area contributed by atoms with Gasteiger partial charge in [0.15, 0.2) is 11.6 Å². The predicted molar refractivity (Wildman–Crippen MR) is 48.6 cm³/mol. The minimum Gasteiger partial charge on any atom is -0.366 e. The summed E-state index contributed by atoms with van der Waals surface area (Å²) in [6.07, 6.45) is 0. The summed E-state index contributed by atoms with van der Waals surface area (Å²) in [7, 11) is 1.75. The van der Waals surface area contributed by atoms with Crippen molar-refractivity contribution in [2.24, 2.45) is 0 Å². The molecule has 4 heteroatoms. The third kappa shape index (κ3) is 1.88. The van der Waals surface area contributed by atoms with Gasteiger partial charge in [-0.15, -0.1) is 0 Å². The molecule has 0 unspecified atom stereocenters. The second-order valence-corrected chi connectivity index (χ2v) is 2.72. The molecule has 0 bridgehead atoms. The summed E-state index contributed by atoms with van der Waals surface area (Å²) >= 11 is 4.00. The maximum Gasteiger partial charge on any atom is 0.160 e. The van der Waals surface area contributed by atoms with Crippen LogP contribution in [0, 0.1) is 11.6 Å². The largest absolute Gasteiger partial charge is 0.366 e. The van der Waals surface area contributed by atoms with E-state index in [1.807, 2.05) is 0 Å². The van der Waals surface area contributed by atoms with Crippen LogP contribution in [0.25, 0.3) is 0 Å². The van der Waals surface area contributed by atoms with E-state index in [1.165, 1.54) is 6.07 Å². The third-order valence-electron chi connectivity index (χ3n) is 1.56. The first-order valence-corrected chi connectivity index (χ1v) is 4.05. The molecular formula is C8H9F2NS. The highest BCUT2D eigenvalue weighted by Gasteiger charge is 2.04. The molecule has 0 atom stereocenters. The summed E-state index contributed by atoms with van der Waals surface area (Å²) in [5, 5.41) is 0. The number of thiol groups is 1. The molecular weight excluding hydrogens is 180 g/mol. The van der Waals surface area contributed by atoms with Gasteiger partial charge in [0, 0.05) is 18.8 Å².